The Balaban J connectivity index is 1.78. The van der Waals surface area contributed by atoms with Crippen LogP contribution < -0.4 is 21.3 Å². The van der Waals surface area contributed by atoms with E-state index in [2.05, 4.69) is 25.8 Å². The summed E-state index contributed by atoms with van der Waals surface area (Å²) in [6, 6.07) is 7.22. The van der Waals surface area contributed by atoms with E-state index in [1.165, 1.54) is 0 Å². The number of rotatable bonds is 4. The smallest absolute Gasteiger partial charge is 0.295 e. The van der Waals surface area contributed by atoms with Crippen LogP contribution in [0.2, 0.25) is 0 Å². The molecule has 2 aromatic rings. The van der Waals surface area contributed by atoms with E-state index >= 15 is 0 Å². The molecule has 1 heterocycles. The normalized spacial score (nSPS) is 9.95. The van der Waals surface area contributed by atoms with Crippen LogP contribution in [0.15, 0.2) is 28.9 Å². The first-order chi connectivity index (χ1) is 10.1. The molecule has 1 aromatic heterocycles. The zero-order valence-corrected chi connectivity index (χ0v) is 11.1. The Labute approximate surface area is 119 Å². The average molecular weight is 291 g/mol. The number of nitrogens with zero attached hydrogens (tertiary/aromatic N) is 2. The van der Waals surface area contributed by atoms with Gasteiger partial charge in [-0.3, -0.25) is 20.4 Å². The minimum absolute atomic E-state index is 0.169. The lowest BCUT2D eigenvalue weighted by Crippen LogP contribution is -2.44. The maximum Gasteiger partial charge on any atom is 0.295 e. The molecular weight excluding hydrogens is 278 g/mol. The molecule has 0 aliphatic carbocycles. The highest BCUT2D eigenvalue weighted by molar-refractivity contribution is 5.97. The molecule has 2 amide bonds. The predicted molar refractivity (Wildman–Crippen MR) is 71.0 cm³/mol. The van der Waals surface area contributed by atoms with Crippen molar-refractivity contribution in [1.29, 1.82) is 0 Å². The highest BCUT2D eigenvalue weighted by atomic mass is 16.6. The van der Waals surface area contributed by atoms with Crippen molar-refractivity contribution < 1.29 is 19.0 Å². The Morgan fingerprint density at radius 3 is 2.81 bits per heavy atom. The van der Waals surface area contributed by atoms with E-state index in [0.29, 0.717) is 5.75 Å². The lowest BCUT2D eigenvalue weighted by atomic mass is 10.2. The van der Waals surface area contributed by atoms with Gasteiger partial charge in [0.1, 0.15) is 5.75 Å². The van der Waals surface area contributed by atoms with Gasteiger partial charge in [0.25, 0.3) is 11.8 Å². The lowest BCUT2D eigenvalue weighted by molar-refractivity contribution is -0.123. The summed E-state index contributed by atoms with van der Waals surface area (Å²) < 4.78 is 9.53. The third-order valence-electron chi connectivity index (χ3n) is 2.40. The van der Waals surface area contributed by atoms with Crippen LogP contribution in [0.25, 0.3) is 0 Å². The Morgan fingerprint density at radius 2 is 2.14 bits per heavy atom. The van der Waals surface area contributed by atoms with Crippen LogP contribution >= 0.6 is 0 Å². The van der Waals surface area contributed by atoms with Crippen molar-refractivity contribution in [1.82, 2.24) is 21.2 Å². The zero-order valence-electron chi connectivity index (χ0n) is 11.1. The molecule has 0 radical (unpaired) electrons. The monoisotopic (exact) mass is 291 g/mol. The number of carbonyl (C=O) groups is 2. The van der Waals surface area contributed by atoms with Gasteiger partial charge in [0.2, 0.25) is 11.5 Å². The lowest BCUT2D eigenvalue weighted by Gasteiger charge is -2.08. The summed E-state index contributed by atoms with van der Waals surface area (Å²) in [5.41, 5.74) is 10.4. The number of amides is 2. The van der Waals surface area contributed by atoms with E-state index in [-0.39, 0.29) is 18.1 Å². The first kappa shape index (κ1) is 14.3. The number of benzene rings is 1. The number of ether oxygens (including phenoxy) is 1. The molecule has 0 atom stereocenters. The second-order valence-electron chi connectivity index (χ2n) is 4.11. The van der Waals surface area contributed by atoms with Crippen LogP contribution in [0.5, 0.6) is 5.75 Å². The first-order valence-electron chi connectivity index (χ1n) is 5.93. The van der Waals surface area contributed by atoms with Gasteiger partial charge in [-0.1, -0.05) is 12.1 Å². The van der Waals surface area contributed by atoms with Gasteiger partial charge in [0, 0.05) is 0 Å². The highest BCUT2D eigenvalue weighted by Gasteiger charge is 2.16. The molecule has 110 valence electrons. The van der Waals surface area contributed by atoms with Crippen molar-refractivity contribution in [2.45, 2.75) is 6.92 Å². The van der Waals surface area contributed by atoms with Gasteiger partial charge in [-0.2, -0.15) is 0 Å². The number of nitrogens with two attached hydrogens (primary N) is 1. The Morgan fingerprint density at radius 1 is 1.33 bits per heavy atom. The van der Waals surface area contributed by atoms with Gasteiger partial charge >= 0.3 is 0 Å². The predicted octanol–water partition coefficient (Wildman–Crippen LogP) is -0.200. The van der Waals surface area contributed by atoms with E-state index in [4.69, 9.17) is 10.5 Å². The summed E-state index contributed by atoms with van der Waals surface area (Å²) in [4.78, 5) is 23.1. The van der Waals surface area contributed by atoms with Crippen molar-refractivity contribution in [2.24, 2.45) is 0 Å². The van der Waals surface area contributed by atoms with Gasteiger partial charge < -0.3 is 10.5 Å². The van der Waals surface area contributed by atoms with Crippen molar-refractivity contribution in [3.8, 4) is 5.75 Å². The third-order valence-corrected chi connectivity index (χ3v) is 2.40. The molecule has 21 heavy (non-hydrogen) atoms. The number of anilines is 1. The largest absolute Gasteiger partial charge is 0.484 e. The SMILES string of the molecule is Cc1cccc(OCC(=O)NNC(=O)c2nonc2N)c1. The van der Waals surface area contributed by atoms with Crippen molar-refractivity contribution in [3.63, 3.8) is 0 Å². The second kappa shape index (κ2) is 6.37. The van der Waals surface area contributed by atoms with Gasteiger partial charge in [-0.15, -0.1) is 0 Å². The highest BCUT2D eigenvalue weighted by Crippen LogP contribution is 2.11. The molecule has 9 heteroatoms. The second-order valence-corrected chi connectivity index (χ2v) is 4.11. The number of nitrogens with one attached hydrogen (secondary N) is 2. The molecule has 4 N–H and O–H groups in total. The molecule has 2 rings (SSSR count). The maximum absolute atomic E-state index is 11.5. The Bertz CT molecular complexity index is 655. The number of hydrogen-bond donors (Lipinski definition) is 3. The van der Waals surface area contributed by atoms with Crippen molar-refractivity contribution in [3.05, 3.63) is 35.5 Å². The quantitative estimate of drug-likeness (QED) is 0.664. The van der Waals surface area contributed by atoms with E-state index in [1.807, 2.05) is 19.1 Å². The number of aromatic nitrogens is 2. The molecule has 0 saturated heterocycles. The zero-order chi connectivity index (χ0) is 15.2. The van der Waals surface area contributed by atoms with Crippen LogP contribution in [0, 0.1) is 6.92 Å². The molecule has 9 nitrogen and oxygen atoms in total. The molecule has 0 aliphatic heterocycles. The first-order valence-corrected chi connectivity index (χ1v) is 5.93. The van der Waals surface area contributed by atoms with Crippen LogP contribution in [0.1, 0.15) is 16.1 Å². The van der Waals surface area contributed by atoms with E-state index in [9.17, 15) is 9.59 Å². The van der Waals surface area contributed by atoms with E-state index in [1.54, 1.807) is 12.1 Å². The number of nitrogen functional groups attached to an aromatic ring is 1. The fourth-order valence-electron chi connectivity index (χ4n) is 1.43. The molecular formula is C12H13N5O4. The minimum Gasteiger partial charge on any atom is -0.484 e. The maximum atomic E-state index is 11.5. The fraction of sp³-hybridized carbons (Fsp3) is 0.167. The summed E-state index contributed by atoms with van der Waals surface area (Å²) in [5.74, 6) is -0.892. The number of aryl methyl sites for hydroxylation is 1. The Hall–Kier alpha value is -3.10. The average Bonchev–Trinajstić information content (AvgIpc) is 2.89. The van der Waals surface area contributed by atoms with E-state index < -0.39 is 11.8 Å². The van der Waals surface area contributed by atoms with Gasteiger partial charge in [0.05, 0.1) is 0 Å². The van der Waals surface area contributed by atoms with Crippen molar-refractivity contribution >= 4 is 17.6 Å². The number of hydrazine groups is 1. The molecule has 0 spiro atoms. The van der Waals surface area contributed by atoms with E-state index in [0.717, 1.165) is 5.56 Å². The topological polar surface area (TPSA) is 132 Å². The number of carbonyl (C=O) groups excluding carboxylic acids is 2. The molecule has 0 saturated carbocycles. The molecule has 0 fully saturated rings. The van der Waals surface area contributed by atoms with Gasteiger partial charge in [-0.05, 0) is 34.9 Å². The summed E-state index contributed by atoms with van der Waals surface area (Å²) in [6.45, 7) is 1.65. The summed E-state index contributed by atoms with van der Waals surface area (Å²) in [7, 11) is 0. The van der Waals surface area contributed by atoms with Gasteiger partial charge in [-0.25, -0.2) is 4.63 Å². The standard InChI is InChI=1S/C12H13N5O4/c1-7-3-2-4-8(5-7)20-6-9(18)14-15-12(19)10-11(13)17-21-16-10/h2-5H,6H2,1H3,(H2,13,17)(H,14,18)(H,15,19). The fourth-order valence-corrected chi connectivity index (χ4v) is 1.43. The molecule has 0 aliphatic rings. The van der Waals surface area contributed by atoms with Crippen molar-refractivity contribution in [2.75, 3.05) is 12.3 Å². The Kier molecular flexibility index (Phi) is 4.34. The molecule has 0 unspecified atom stereocenters. The molecule has 0 bridgehead atoms. The summed E-state index contributed by atoms with van der Waals surface area (Å²) >= 11 is 0. The minimum atomic E-state index is -0.738. The summed E-state index contributed by atoms with van der Waals surface area (Å²) in [6.07, 6.45) is 0. The van der Waals surface area contributed by atoms with Crippen LogP contribution in [0.3, 0.4) is 0 Å². The van der Waals surface area contributed by atoms with Crippen LogP contribution in [0.4, 0.5) is 5.82 Å². The molecule has 1 aromatic carbocycles. The summed E-state index contributed by atoms with van der Waals surface area (Å²) in [5, 5.41) is 6.53. The van der Waals surface area contributed by atoms with Crippen LogP contribution in [-0.4, -0.2) is 28.7 Å². The third kappa shape index (κ3) is 3.93. The number of hydrogen-bond acceptors (Lipinski definition) is 7. The van der Waals surface area contributed by atoms with Crippen LogP contribution in [-0.2, 0) is 4.79 Å². The van der Waals surface area contributed by atoms with Gasteiger partial charge in [0.15, 0.2) is 6.61 Å².